The molecule has 0 aromatic heterocycles. The maximum Gasteiger partial charge on any atom is 0.338 e. The highest BCUT2D eigenvalue weighted by atomic mass is 19.1. The van der Waals surface area contributed by atoms with Crippen molar-refractivity contribution >= 4 is 11.7 Å². The fourth-order valence-electron chi connectivity index (χ4n) is 2.70. The fraction of sp³-hybridized carbons (Fsp3) is 0.174. The maximum atomic E-state index is 13.8. The summed E-state index contributed by atoms with van der Waals surface area (Å²) in [5, 5.41) is 3.30. The molecule has 0 radical (unpaired) electrons. The highest BCUT2D eigenvalue weighted by Crippen LogP contribution is 2.22. The van der Waals surface area contributed by atoms with Gasteiger partial charge in [0.25, 0.3) is 0 Å². The Hall–Kier alpha value is -3.34. The standard InChI is InChI=1S/C23H22FNO3/c1-2-27-23(26)17-11-13-20(14-12-17)25-15-18-7-4-6-10-22(18)28-16-19-8-3-5-9-21(19)24/h3-14,25H,2,15-16H2,1H3. The summed E-state index contributed by atoms with van der Waals surface area (Å²) in [7, 11) is 0. The van der Waals surface area contributed by atoms with E-state index in [1.165, 1.54) is 6.07 Å². The molecule has 3 aromatic carbocycles. The molecule has 0 heterocycles. The largest absolute Gasteiger partial charge is 0.488 e. The van der Waals surface area contributed by atoms with Gasteiger partial charge < -0.3 is 14.8 Å². The van der Waals surface area contributed by atoms with Crippen molar-refractivity contribution in [3.63, 3.8) is 0 Å². The molecule has 0 aliphatic heterocycles. The van der Waals surface area contributed by atoms with Gasteiger partial charge in [0.1, 0.15) is 18.2 Å². The number of carbonyl (C=O) groups is 1. The minimum absolute atomic E-state index is 0.165. The number of nitrogens with one attached hydrogen (secondary N) is 1. The zero-order chi connectivity index (χ0) is 19.8. The third-order valence-corrected chi connectivity index (χ3v) is 4.19. The predicted molar refractivity (Wildman–Crippen MR) is 107 cm³/mol. The van der Waals surface area contributed by atoms with Gasteiger partial charge in [-0.15, -0.1) is 0 Å². The van der Waals surface area contributed by atoms with E-state index in [0.29, 0.717) is 30.0 Å². The van der Waals surface area contributed by atoms with Gasteiger partial charge in [0.2, 0.25) is 0 Å². The highest BCUT2D eigenvalue weighted by molar-refractivity contribution is 5.89. The minimum atomic E-state index is -0.332. The first-order valence-corrected chi connectivity index (χ1v) is 9.12. The summed E-state index contributed by atoms with van der Waals surface area (Å²) >= 11 is 0. The van der Waals surface area contributed by atoms with Crippen LogP contribution in [0.1, 0.15) is 28.4 Å². The van der Waals surface area contributed by atoms with Crippen LogP contribution in [0.4, 0.5) is 10.1 Å². The highest BCUT2D eigenvalue weighted by Gasteiger charge is 2.08. The fourth-order valence-corrected chi connectivity index (χ4v) is 2.70. The number of halogens is 1. The summed E-state index contributed by atoms with van der Waals surface area (Å²) in [5.41, 5.74) is 2.85. The molecule has 0 unspecified atom stereocenters. The third kappa shape index (κ3) is 5.10. The van der Waals surface area contributed by atoms with E-state index in [4.69, 9.17) is 9.47 Å². The van der Waals surface area contributed by atoms with Gasteiger partial charge in [0.05, 0.1) is 12.2 Å². The van der Waals surface area contributed by atoms with Crippen LogP contribution in [0.15, 0.2) is 72.8 Å². The summed E-state index contributed by atoms with van der Waals surface area (Å²) in [5.74, 6) is 0.0853. The van der Waals surface area contributed by atoms with Gasteiger partial charge in [-0.05, 0) is 43.3 Å². The molecule has 0 atom stereocenters. The number of benzene rings is 3. The molecular weight excluding hydrogens is 357 g/mol. The Labute approximate surface area is 163 Å². The molecule has 0 aliphatic carbocycles. The number of esters is 1. The lowest BCUT2D eigenvalue weighted by atomic mass is 10.1. The Morgan fingerprint density at radius 1 is 0.929 bits per heavy atom. The molecule has 0 bridgehead atoms. The van der Waals surface area contributed by atoms with Crippen molar-refractivity contribution in [3.8, 4) is 5.75 Å². The summed E-state index contributed by atoms with van der Waals surface area (Å²) in [6.07, 6.45) is 0. The lowest BCUT2D eigenvalue weighted by molar-refractivity contribution is 0.0526. The summed E-state index contributed by atoms with van der Waals surface area (Å²) in [6.45, 7) is 2.83. The van der Waals surface area contributed by atoms with Gasteiger partial charge in [0.15, 0.2) is 0 Å². The average molecular weight is 379 g/mol. The van der Waals surface area contributed by atoms with Crippen LogP contribution >= 0.6 is 0 Å². The molecule has 0 spiro atoms. The van der Waals surface area contributed by atoms with Crippen LogP contribution in [0.25, 0.3) is 0 Å². The second-order valence-corrected chi connectivity index (χ2v) is 6.14. The summed E-state index contributed by atoms with van der Waals surface area (Å²) in [6, 6.07) is 21.3. The maximum absolute atomic E-state index is 13.8. The van der Waals surface area contributed by atoms with E-state index in [-0.39, 0.29) is 18.4 Å². The Kier molecular flexibility index (Phi) is 6.63. The number of carbonyl (C=O) groups excluding carboxylic acids is 1. The second-order valence-electron chi connectivity index (χ2n) is 6.14. The first-order valence-electron chi connectivity index (χ1n) is 9.12. The number of hydrogen-bond acceptors (Lipinski definition) is 4. The van der Waals surface area contributed by atoms with Crippen LogP contribution in [0, 0.1) is 5.82 Å². The molecular formula is C23H22FNO3. The number of anilines is 1. The Morgan fingerprint density at radius 3 is 2.32 bits per heavy atom. The normalized spacial score (nSPS) is 10.4. The van der Waals surface area contributed by atoms with E-state index in [0.717, 1.165) is 11.3 Å². The van der Waals surface area contributed by atoms with E-state index >= 15 is 0 Å². The molecule has 0 aliphatic rings. The van der Waals surface area contributed by atoms with Gasteiger partial charge >= 0.3 is 5.97 Å². The van der Waals surface area contributed by atoms with E-state index in [9.17, 15) is 9.18 Å². The van der Waals surface area contributed by atoms with E-state index < -0.39 is 0 Å². The number of rotatable bonds is 8. The molecule has 3 aromatic rings. The molecule has 1 N–H and O–H groups in total. The predicted octanol–water partition coefficient (Wildman–Crippen LogP) is 5.19. The van der Waals surface area contributed by atoms with E-state index in [1.54, 1.807) is 37.3 Å². The molecule has 0 saturated heterocycles. The van der Waals surface area contributed by atoms with Gasteiger partial charge in [-0.2, -0.15) is 0 Å². The number of para-hydroxylation sites is 1. The van der Waals surface area contributed by atoms with Gasteiger partial charge in [0, 0.05) is 23.4 Å². The van der Waals surface area contributed by atoms with Crippen molar-refractivity contribution in [3.05, 3.63) is 95.3 Å². The second kappa shape index (κ2) is 9.55. The van der Waals surface area contributed by atoms with Crippen LogP contribution in [0.2, 0.25) is 0 Å². The molecule has 3 rings (SSSR count). The van der Waals surface area contributed by atoms with E-state index in [1.807, 2.05) is 36.4 Å². The smallest absolute Gasteiger partial charge is 0.338 e. The van der Waals surface area contributed by atoms with Gasteiger partial charge in [-0.25, -0.2) is 9.18 Å². The SMILES string of the molecule is CCOC(=O)c1ccc(NCc2ccccc2OCc2ccccc2F)cc1. The zero-order valence-corrected chi connectivity index (χ0v) is 15.7. The molecule has 144 valence electrons. The summed E-state index contributed by atoms with van der Waals surface area (Å²) in [4.78, 5) is 11.7. The van der Waals surface area contributed by atoms with Crippen molar-refractivity contribution in [1.29, 1.82) is 0 Å². The topological polar surface area (TPSA) is 47.6 Å². The average Bonchev–Trinajstić information content (AvgIpc) is 2.73. The van der Waals surface area contributed by atoms with Crippen molar-refractivity contribution < 1.29 is 18.7 Å². The van der Waals surface area contributed by atoms with E-state index in [2.05, 4.69) is 5.32 Å². The van der Waals surface area contributed by atoms with Crippen molar-refractivity contribution in [2.45, 2.75) is 20.1 Å². The van der Waals surface area contributed by atoms with Crippen LogP contribution in [0.5, 0.6) is 5.75 Å². The van der Waals surface area contributed by atoms with Crippen LogP contribution in [0.3, 0.4) is 0 Å². The lowest BCUT2D eigenvalue weighted by Gasteiger charge is -2.13. The summed E-state index contributed by atoms with van der Waals surface area (Å²) < 4.78 is 24.6. The first kappa shape index (κ1) is 19.4. The lowest BCUT2D eigenvalue weighted by Crippen LogP contribution is -2.06. The molecule has 5 heteroatoms. The minimum Gasteiger partial charge on any atom is -0.488 e. The van der Waals surface area contributed by atoms with Crippen LogP contribution < -0.4 is 10.1 Å². The Morgan fingerprint density at radius 2 is 1.61 bits per heavy atom. The molecule has 0 saturated carbocycles. The zero-order valence-electron chi connectivity index (χ0n) is 15.7. The van der Waals surface area contributed by atoms with Gasteiger partial charge in [-0.1, -0.05) is 36.4 Å². The van der Waals surface area contributed by atoms with Crippen LogP contribution in [-0.2, 0) is 17.9 Å². The number of hydrogen-bond donors (Lipinski definition) is 1. The van der Waals surface area contributed by atoms with Crippen molar-refractivity contribution in [2.75, 3.05) is 11.9 Å². The number of ether oxygens (including phenoxy) is 2. The first-order chi connectivity index (χ1) is 13.7. The van der Waals surface area contributed by atoms with Crippen molar-refractivity contribution in [1.82, 2.24) is 0 Å². The Balaban J connectivity index is 1.62. The van der Waals surface area contributed by atoms with Crippen LogP contribution in [-0.4, -0.2) is 12.6 Å². The molecule has 0 fully saturated rings. The third-order valence-electron chi connectivity index (χ3n) is 4.19. The quantitative estimate of drug-likeness (QED) is 0.547. The molecule has 28 heavy (non-hydrogen) atoms. The monoisotopic (exact) mass is 379 g/mol. The Bertz CT molecular complexity index is 925. The molecule has 4 nitrogen and oxygen atoms in total. The van der Waals surface area contributed by atoms with Crippen molar-refractivity contribution in [2.24, 2.45) is 0 Å². The molecule has 0 amide bonds. The van der Waals surface area contributed by atoms with Gasteiger partial charge in [-0.3, -0.25) is 0 Å².